The van der Waals surface area contributed by atoms with E-state index in [4.69, 9.17) is 5.73 Å². The number of carbonyl (C=O) groups is 1. The SMILES string of the molecule is Cl.Cl.NC(C(=O)Nc1cc(-c2nnc3n2CCCCC3)ccc1F)c1ccccc1. The fraction of sp³-hybridized carbons (Fsp3) is 0.286. The molecule has 1 unspecified atom stereocenters. The first kappa shape index (κ1) is 23.8. The van der Waals surface area contributed by atoms with Gasteiger partial charge in [-0.25, -0.2) is 4.39 Å². The van der Waals surface area contributed by atoms with Gasteiger partial charge in [0.1, 0.15) is 17.7 Å². The second-order valence-corrected chi connectivity index (χ2v) is 6.97. The number of halogens is 3. The molecule has 2 aromatic carbocycles. The van der Waals surface area contributed by atoms with Crippen LogP contribution in [0.2, 0.25) is 0 Å². The van der Waals surface area contributed by atoms with E-state index in [-0.39, 0.29) is 30.5 Å². The highest BCUT2D eigenvalue weighted by atomic mass is 35.5. The number of nitrogens with zero attached hydrogens (tertiary/aromatic N) is 3. The van der Waals surface area contributed by atoms with E-state index in [1.54, 1.807) is 36.4 Å². The van der Waals surface area contributed by atoms with Crippen LogP contribution in [-0.4, -0.2) is 20.7 Å². The Morgan fingerprint density at radius 1 is 1.07 bits per heavy atom. The Bertz CT molecular complexity index is 996. The summed E-state index contributed by atoms with van der Waals surface area (Å²) in [4.78, 5) is 12.5. The Labute approximate surface area is 186 Å². The molecule has 1 aromatic heterocycles. The van der Waals surface area contributed by atoms with Gasteiger partial charge in [0.25, 0.3) is 0 Å². The fourth-order valence-corrected chi connectivity index (χ4v) is 3.48. The van der Waals surface area contributed by atoms with Crippen molar-refractivity contribution < 1.29 is 9.18 Å². The molecule has 0 spiro atoms. The molecule has 3 aromatic rings. The van der Waals surface area contributed by atoms with Crippen molar-refractivity contribution in [3.63, 3.8) is 0 Å². The summed E-state index contributed by atoms with van der Waals surface area (Å²) in [7, 11) is 0. The van der Waals surface area contributed by atoms with Crippen LogP contribution in [0.15, 0.2) is 48.5 Å². The number of benzene rings is 2. The highest BCUT2D eigenvalue weighted by molar-refractivity contribution is 5.96. The van der Waals surface area contributed by atoms with Gasteiger partial charge in [-0.05, 0) is 36.6 Å². The van der Waals surface area contributed by atoms with Gasteiger partial charge < -0.3 is 15.6 Å². The van der Waals surface area contributed by atoms with Crippen molar-refractivity contribution >= 4 is 36.4 Å². The molecule has 0 saturated carbocycles. The molecule has 3 N–H and O–H groups in total. The molecule has 0 bridgehead atoms. The smallest absolute Gasteiger partial charge is 0.245 e. The maximum absolute atomic E-state index is 14.3. The number of anilines is 1. The molecule has 1 aliphatic heterocycles. The van der Waals surface area contributed by atoms with Gasteiger partial charge in [-0.1, -0.05) is 36.8 Å². The zero-order valence-corrected chi connectivity index (χ0v) is 17.9. The van der Waals surface area contributed by atoms with Crippen molar-refractivity contribution in [2.45, 2.75) is 38.3 Å². The summed E-state index contributed by atoms with van der Waals surface area (Å²) in [6, 6.07) is 12.7. The van der Waals surface area contributed by atoms with E-state index >= 15 is 0 Å². The molecule has 1 atom stereocenters. The number of aryl methyl sites for hydroxylation is 1. The Hall–Kier alpha value is -2.48. The van der Waals surface area contributed by atoms with Gasteiger partial charge >= 0.3 is 0 Å². The summed E-state index contributed by atoms with van der Waals surface area (Å²) in [6.07, 6.45) is 4.21. The van der Waals surface area contributed by atoms with Crippen molar-refractivity contribution in [3.8, 4) is 11.4 Å². The minimum atomic E-state index is -0.881. The van der Waals surface area contributed by atoms with Crippen LogP contribution >= 0.6 is 24.8 Å². The molecule has 0 saturated heterocycles. The first-order valence-electron chi connectivity index (χ1n) is 9.47. The number of nitrogens with one attached hydrogen (secondary N) is 1. The Morgan fingerprint density at radius 3 is 2.60 bits per heavy atom. The first-order valence-corrected chi connectivity index (χ1v) is 9.47. The van der Waals surface area contributed by atoms with Crippen LogP contribution in [0.5, 0.6) is 0 Å². The third kappa shape index (κ3) is 4.98. The third-order valence-corrected chi connectivity index (χ3v) is 5.03. The van der Waals surface area contributed by atoms with E-state index in [0.29, 0.717) is 17.0 Å². The van der Waals surface area contributed by atoms with Crippen molar-refractivity contribution in [1.29, 1.82) is 0 Å². The fourth-order valence-electron chi connectivity index (χ4n) is 3.48. The predicted octanol–water partition coefficient (Wildman–Crippen LogP) is 4.29. The molecular weight excluding hydrogens is 428 g/mol. The molecule has 0 radical (unpaired) electrons. The monoisotopic (exact) mass is 451 g/mol. The van der Waals surface area contributed by atoms with Gasteiger partial charge in [-0.2, -0.15) is 0 Å². The highest BCUT2D eigenvalue weighted by Gasteiger charge is 2.20. The molecule has 30 heavy (non-hydrogen) atoms. The maximum Gasteiger partial charge on any atom is 0.245 e. The minimum absolute atomic E-state index is 0. The molecular formula is C21H24Cl2FN5O. The first-order chi connectivity index (χ1) is 13.6. The van der Waals surface area contributed by atoms with E-state index < -0.39 is 17.8 Å². The number of hydrogen-bond donors (Lipinski definition) is 2. The van der Waals surface area contributed by atoms with Crippen LogP contribution in [0, 0.1) is 5.82 Å². The Morgan fingerprint density at radius 2 is 1.83 bits per heavy atom. The Balaban J connectivity index is 0.00000160. The van der Waals surface area contributed by atoms with Crippen molar-refractivity contribution in [2.24, 2.45) is 5.73 Å². The van der Waals surface area contributed by atoms with Crippen molar-refractivity contribution in [3.05, 3.63) is 65.7 Å². The van der Waals surface area contributed by atoms with E-state index in [0.717, 1.165) is 38.1 Å². The summed E-state index contributed by atoms with van der Waals surface area (Å²) in [5.41, 5.74) is 7.48. The third-order valence-electron chi connectivity index (χ3n) is 5.03. The van der Waals surface area contributed by atoms with Crippen LogP contribution in [0.4, 0.5) is 10.1 Å². The van der Waals surface area contributed by atoms with E-state index in [1.807, 2.05) is 6.07 Å². The maximum atomic E-state index is 14.3. The molecule has 0 aliphatic carbocycles. The number of aromatic nitrogens is 3. The summed E-state index contributed by atoms with van der Waals surface area (Å²) in [6.45, 7) is 0.843. The number of hydrogen-bond acceptors (Lipinski definition) is 4. The lowest BCUT2D eigenvalue weighted by Crippen LogP contribution is -2.28. The average molecular weight is 452 g/mol. The predicted molar refractivity (Wildman–Crippen MR) is 119 cm³/mol. The number of rotatable bonds is 4. The lowest BCUT2D eigenvalue weighted by Gasteiger charge is -2.14. The minimum Gasteiger partial charge on any atom is -0.322 e. The molecule has 0 fully saturated rings. The highest BCUT2D eigenvalue weighted by Crippen LogP contribution is 2.27. The van der Waals surface area contributed by atoms with Crippen LogP contribution in [0.3, 0.4) is 0 Å². The quantitative estimate of drug-likeness (QED) is 0.619. The van der Waals surface area contributed by atoms with Crippen molar-refractivity contribution in [1.82, 2.24) is 14.8 Å². The summed E-state index contributed by atoms with van der Waals surface area (Å²) >= 11 is 0. The largest absolute Gasteiger partial charge is 0.322 e. The van der Waals surface area contributed by atoms with E-state index in [2.05, 4.69) is 20.1 Å². The zero-order chi connectivity index (χ0) is 19.5. The Kier molecular flexibility index (Phi) is 8.34. The van der Waals surface area contributed by atoms with Gasteiger partial charge in [0.05, 0.1) is 5.69 Å². The van der Waals surface area contributed by atoms with Crippen molar-refractivity contribution in [2.75, 3.05) is 5.32 Å². The molecule has 2 heterocycles. The topological polar surface area (TPSA) is 85.8 Å². The second kappa shape index (κ2) is 10.5. The molecule has 4 rings (SSSR count). The average Bonchev–Trinajstić information content (AvgIpc) is 2.97. The summed E-state index contributed by atoms with van der Waals surface area (Å²) in [5.74, 6) is 0.656. The molecule has 6 nitrogen and oxygen atoms in total. The molecule has 1 amide bonds. The number of fused-ring (bicyclic) bond motifs is 1. The van der Waals surface area contributed by atoms with Crippen LogP contribution < -0.4 is 11.1 Å². The van der Waals surface area contributed by atoms with Gasteiger partial charge in [-0.3, -0.25) is 4.79 Å². The molecule has 160 valence electrons. The van der Waals surface area contributed by atoms with Crippen LogP contribution in [0.1, 0.15) is 36.7 Å². The lowest BCUT2D eigenvalue weighted by atomic mass is 10.1. The van der Waals surface area contributed by atoms with Crippen LogP contribution in [-0.2, 0) is 17.8 Å². The summed E-state index contributed by atoms with van der Waals surface area (Å²) in [5, 5.41) is 11.2. The lowest BCUT2D eigenvalue weighted by molar-refractivity contribution is -0.117. The summed E-state index contributed by atoms with van der Waals surface area (Å²) < 4.78 is 16.4. The number of amides is 1. The van der Waals surface area contributed by atoms with E-state index in [9.17, 15) is 9.18 Å². The molecule has 9 heteroatoms. The van der Waals surface area contributed by atoms with Gasteiger partial charge in [0.15, 0.2) is 5.82 Å². The number of nitrogens with two attached hydrogens (primary N) is 1. The van der Waals surface area contributed by atoms with E-state index in [1.165, 1.54) is 6.07 Å². The molecule has 1 aliphatic rings. The standard InChI is InChI=1S/C21H22FN5O.2ClH/c22-16-11-10-15(20-26-25-18-9-5-2-6-12-27(18)20)13-17(16)24-21(28)19(23)14-7-3-1-4-8-14;;/h1,3-4,7-8,10-11,13,19H,2,5-6,9,12,23H2,(H,24,28);2*1H. The van der Waals surface area contributed by atoms with Gasteiger partial charge in [0.2, 0.25) is 5.91 Å². The van der Waals surface area contributed by atoms with Crippen LogP contribution in [0.25, 0.3) is 11.4 Å². The number of carbonyl (C=O) groups excluding carboxylic acids is 1. The zero-order valence-electron chi connectivity index (χ0n) is 16.3. The van der Waals surface area contributed by atoms with Gasteiger partial charge in [-0.15, -0.1) is 35.0 Å². The normalized spacial score (nSPS) is 13.8. The second-order valence-electron chi connectivity index (χ2n) is 6.97. The van der Waals surface area contributed by atoms with Gasteiger partial charge in [0, 0.05) is 18.5 Å².